The molecule has 2 aliphatic carbocycles. The van der Waals surface area contributed by atoms with Crippen molar-refractivity contribution in [2.24, 2.45) is 0 Å². The molecular weight excluding hydrogens is 336 g/mol. The molecule has 0 aromatic heterocycles. The van der Waals surface area contributed by atoms with Crippen molar-refractivity contribution in [2.75, 3.05) is 0 Å². The van der Waals surface area contributed by atoms with Crippen molar-refractivity contribution in [3.63, 3.8) is 0 Å². The number of rotatable bonds is 4. The van der Waals surface area contributed by atoms with Crippen molar-refractivity contribution in [2.45, 2.75) is 36.8 Å². The van der Waals surface area contributed by atoms with Gasteiger partial charge >= 0.3 is 11.9 Å². The number of esters is 1. The number of carbonyl (C=O) groups is 4. The van der Waals surface area contributed by atoms with Crippen molar-refractivity contribution < 1.29 is 44.3 Å². The Morgan fingerprint density at radius 1 is 1.16 bits per heavy atom. The lowest BCUT2D eigenvalue weighted by Crippen LogP contribution is -2.57. The maximum atomic E-state index is 11.8. The summed E-state index contributed by atoms with van der Waals surface area (Å²) in [5.41, 5.74) is -2.05. The maximum Gasteiger partial charge on any atom is 0.335 e. The molecule has 134 valence electrons. The quantitative estimate of drug-likeness (QED) is 0.203. The molecule has 0 aromatic carbocycles. The predicted octanol–water partition coefficient (Wildman–Crippen LogP) is -1.58. The molecule has 0 aliphatic heterocycles. The topological polar surface area (TPSA) is 158 Å². The van der Waals surface area contributed by atoms with Crippen molar-refractivity contribution in [3.05, 3.63) is 36.0 Å². The SMILES string of the molecule is O=C(/C=C\C1=CC(=O)C(=O)C=C1)O[C@@H]1C[C@@](O)(C(=O)O)C[C@@H](O)[C@@H]1O. The molecule has 4 atom stereocenters. The highest BCUT2D eigenvalue weighted by atomic mass is 16.6. The number of carboxylic acids is 1. The Labute approximate surface area is 141 Å². The van der Waals surface area contributed by atoms with Gasteiger partial charge in [0.05, 0.1) is 6.10 Å². The van der Waals surface area contributed by atoms with Crippen LogP contribution in [-0.2, 0) is 23.9 Å². The van der Waals surface area contributed by atoms with E-state index >= 15 is 0 Å². The van der Waals surface area contributed by atoms with E-state index in [1.807, 2.05) is 0 Å². The molecule has 0 unspecified atom stereocenters. The van der Waals surface area contributed by atoms with Crippen molar-refractivity contribution >= 4 is 23.5 Å². The van der Waals surface area contributed by atoms with Crippen LogP contribution in [0.3, 0.4) is 0 Å². The molecule has 1 fully saturated rings. The van der Waals surface area contributed by atoms with Gasteiger partial charge in [0.1, 0.15) is 12.2 Å². The Bertz CT molecular complexity index is 702. The zero-order valence-electron chi connectivity index (χ0n) is 12.9. The van der Waals surface area contributed by atoms with Crippen LogP contribution >= 0.6 is 0 Å². The normalized spacial score (nSPS) is 32.6. The van der Waals surface area contributed by atoms with E-state index in [0.717, 1.165) is 18.2 Å². The third kappa shape index (κ3) is 4.27. The van der Waals surface area contributed by atoms with Gasteiger partial charge in [0.25, 0.3) is 0 Å². The van der Waals surface area contributed by atoms with E-state index in [2.05, 4.69) is 0 Å². The average Bonchev–Trinajstić information content (AvgIpc) is 2.53. The first-order valence-electron chi connectivity index (χ1n) is 7.31. The minimum Gasteiger partial charge on any atom is -0.479 e. The van der Waals surface area contributed by atoms with Crippen molar-refractivity contribution in [1.82, 2.24) is 0 Å². The van der Waals surface area contributed by atoms with Gasteiger partial charge in [-0.25, -0.2) is 9.59 Å². The number of aliphatic carboxylic acids is 1. The van der Waals surface area contributed by atoms with E-state index in [4.69, 9.17) is 9.84 Å². The second kappa shape index (κ2) is 7.09. The summed E-state index contributed by atoms with van der Waals surface area (Å²) < 4.78 is 4.90. The third-order valence-corrected chi connectivity index (χ3v) is 3.91. The van der Waals surface area contributed by atoms with E-state index in [0.29, 0.717) is 0 Å². The zero-order valence-corrected chi connectivity index (χ0v) is 12.9. The number of aliphatic hydroxyl groups is 3. The van der Waals surface area contributed by atoms with E-state index in [1.165, 1.54) is 12.2 Å². The number of hydrogen-bond acceptors (Lipinski definition) is 8. The lowest BCUT2D eigenvalue weighted by Gasteiger charge is -2.39. The molecule has 1 saturated carbocycles. The summed E-state index contributed by atoms with van der Waals surface area (Å²) in [7, 11) is 0. The molecule has 0 radical (unpaired) electrons. The zero-order chi connectivity index (χ0) is 18.8. The highest BCUT2D eigenvalue weighted by molar-refractivity contribution is 6.46. The van der Waals surface area contributed by atoms with Crippen LogP contribution in [0.15, 0.2) is 36.0 Å². The number of carboxylic acid groups (broad SMARTS) is 1. The van der Waals surface area contributed by atoms with Crippen LogP contribution in [0.25, 0.3) is 0 Å². The fraction of sp³-hybridized carbons (Fsp3) is 0.375. The molecule has 9 nitrogen and oxygen atoms in total. The van der Waals surface area contributed by atoms with Crippen molar-refractivity contribution in [1.29, 1.82) is 0 Å². The molecule has 0 heterocycles. The lowest BCUT2D eigenvalue weighted by molar-refractivity contribution is -0.196. The van der Waals surface area contributed by atoms with Crippen LogP contribution in [0, 0.1) is 0 Å². The third-order valence-electron chi connectivity index (χ3n) is 3.91. The Hall–Kier alpha value is -2.62. The monoisotopic (exact) mass is 352 g/mol. The highest BCUT2D eigenvalue weighted by Crippen LogP contribution is 2.31. The average molecular weight is 352 g/mol. The largest absolute Gasteiger partial charge is 0.479 e. The number of carbonyl (C=O) groups excluding carboxylic acids is 3. The van der Waals surface area contributed by atoms with Gasteiger partial charge in [0.2, 0.25) is 11.6 Å². The minimum atomic E-state index is -2.32. The first-order valence-corrected chi connectivity index (χ1v) is 7.31. The van der Waals surface area contributed by atoms with Crippen LogP contribution in [0.2, 0.25) is 0 Å². The second-order valence-electron chi connectivity index (χ2n) is 5.82. The van der Waals surface area contributed by atoms with Gasteiger partial charge in [-0.05, 0) is 23.8 Å². The van der Waals surface area contributed by atoms with E-state index in [9.17, 15) is 34.5 Å². The Kier molecular flexibility index (Phi) is 5.31. The number of ether oxygens (including phenoxy) is 1. The summed E-state index contributed by atoms with van der Waals surface area (Å²) in [5, 5.41) is 38.4. The molecule has 0 aromatic rings. The Balaban J connectivity index is 2.04. The lowest BCUT2D eigenvalue weighted by atomic mass is 9.79. The highest BCUT2D eigenvalue weighted by Gasteiger charge is 2.50. The summed E-state index contributed by atoms with van der Waals surface area (Å²) >= 11 is 0. The van der Waals surface area contributed by atoms with Gasteiger partial charge in [-0.15, -0.1) is 0 Å². The van der Waals surface area contributed by atoms with E-state index in [1.54, 1.807) is 0 Å². The second-order valence-corrected chi connectivity index (χ2v) is 5.82. The fourth-order valence-corrected chi connectivity index (χ4v) is 2.52. The number of ketones is 2. The Morgan fingerprint density at radius 2 is 1.84 bits per heavy atom. The van der Waals surface area contributed by atoms with Crippen LogP contribution in [-0.4, -0.2) is 67.8 Å². The van der Waals surface area contributed by atoms with Crippen LogP contribution < -0.4 is 0 Å². The smallest absolute Gasteiger partial charge is 0.335 e. The minimum absolute atomic E-state index is 0.271. The summed E-state index contributed by atoms with van der Waals surface area (Å²) in [5.74, 6) is -4.01. The summed E-state index contributed by atoms with van der Waals surface area (Å²) in [6.45, 7) is 0. The molecule has 2 rings (SSSR count). The standard InChI is InChI=1S/C16H16O9/c17-9-3-1-8(5-10(9)18)2-4-13(20)25-12-7-16(24,15(22)23)6-11(19)14(12)21/h1-5,11-12,14,19,21,24H,6-7H2,(H,22,23)/b4-2-/t11-,12-,14+,16-/m1/s1. The summed E-state index contributed by atoms with van der Waals surface area (Å²) in [6.07, 6.45) is -0.260. The summed E-state index contributed by atoms with van der Waals surface area (Å²) in [6, 6.07) is 0. The number of hydrogen-bond donors (Lipinski definition) is 4. The van der Waals surface area contributed by atoms with Crippen LogP contribution in [0.4, 0.5) is 0 Å². The first kappa shape index (κ1) is 18.7. The Morgan fingerprint density at radius 3 is 2.44 bits per heavy atom. The van der Waals surface area contributed by atoms with Gasteiger partial charge < -0.3 is 25.2 Å². The maximum absolute atomic E-state index is 11.8. The van der Waals surface area contributed by atoms with Gasteiger partial charge in [0, 0.05) is 18.9 Å². The van der Waals surface area contributed by atoms with E-state index in [-0.39, 0.29) is 5.57 Å². The molecule has 0 bridgehead atoms. The van der Waals surface area contributed by atoms with Crippen LogP contribution in [0.1, 0.15) is 12.8 Å². The van der Waals surface area contributed by atoms with Crippen LogP contribution in [0.5, 0.6) is 0 Å². The molecule has 0 amide bonds. The van der Waals surface area contributed by atoms with Gasteiger partial charge in [0.15, 0.2) is 5.60 Å². The predicted molar refractivity (Wildman–Crippen MR) is 80.1 cm³/mol. The molecule has 4 N–H and O–H groups in total. The molecule has 0 spiro atoms. The van der Waals surface area contributed by atoms with Crippen molar-refractivity contribution in [3.8, 4) is 0 Å². The van der Waals surface area contributed by atoms with Gasteiger partial charge in [-0.2, -0.15) is 0 Å². The molecular formula is C16H16O9. The summed E-state index contributed by atoms with van der Waals surface area (Å²) in [4.78, 5) is 45.1. The molecule has 9 heteroatoms. The van der Waals surface area contributed by atoms with Gasteiger partial charge in [-0.1, -0.05) is 6.08 Å². The molecule has 2 aliphatic rings. The molecule has 0 saturated heterocycles. The fourth-order valence-electron chi connectivity index (χ4n) is 2.52. The molecule has 25 heavy (non-hydrogen) atoms. The first-order chi connectivity index (χ1) is 11.6. The number of aliphatic hydroxyl groups excluding tert-OH is 2. The number of allylic oxidation sites excluding steroid dienone is 5. The van der Waals surface area contributed by atoms with Gasteiger partial charge in [-0.3, -0.25) is 9.59 Å². The van der Waals surface area contributed by atoms with E-state index < -0.39 is 60.3 Å².